The molecular weight excluding hydrogens is 417 g/mol. The zero-order valence-corrected chi connectivity index (χ0v) is 16.4. The van der Waals surface area contributed by atoms with Gasteiger partial charge in [-0.05, 0) is 59.7 Å². The van der Waals surface area contributed by atoms with Gasteiger partial charge in [0.15, 0.2) is 0 Å². The van der Waals surface area contributed by atoms with Crippen molar-refractivity contribution < 1.29 is 9.18 Å². The minimum absolute atomic E-state index is 0.0249. The molecule has 2 aliphatic carbocycles. The first kappa shape index (κ1) is 16.4. The summed E-state index contributed by atoms with van der Waals surface area (Å²) in [6, 6.07) is 5.48. The number of amides is 1. The second-order valence-corrected chi connectivity index (χ2v) is 8.89. The first-order valence-corrected chi connectivity index (χ1v) is 10.4. The fourth-order valence-electron chi connectivity index (χ4n) is 3.93. The smallest absolute Gasteiger partial charge is 0.265 e. The number of hydrogen-bond donors (Lipinski definition) is 1. The molecule has 2 aliphatic rings. The molecule has 134 valence electrons. The van der Waals surface area contributed by atoms with Gasteiger partial charge in [-0.1, -0.05) is 12.1 Å². The highest BCUT2D eigenvalue weighted by molar-refractivity contribution is 9.10. The van der Waals surface area contributed by atoms with Crippen molar-refractivity contribution >= 4 is 43.3 Å². The third kappa shape index (κ3) is 2.60. The molecule has 0 radical (unpaired) electrons. The van der Waals surface area contributed by atoms with E-state index >= 15 is 0 Å². The Balaban J connectivity index is 1.52. The highest BCUT2D eigenvalue weighted by Crippen LogP contribution is 2.41. The Kier molecular flexibility index (Phi) is 3.90. The van der Waals surface area contributed by atoms with Crippen LogP contribution in [0.4, 0.5) is 4.39 Å². The molecule has 1 aromatic carbocycles. The van der Waals surface area contributed by atoms with Gasteiger partial charge < -0.3 is 4.90 Å². The Morgan fingerprint density at radius 2 is 2.15 bits per heavy atom. The molecule has 0 aliphatic heterocycles. The molecule has 3 aromatic rings. The quantitative estimate of drug-likeness (QED) is 0.651. The molecule has 1 saturated carbocycles. The van der Waals surface area contributed by atoms with E-state index in [9.17, 15) is 9.18 Å². The molecule has 5 rings (SSSR count). The molecular formula is C19H17BrFN3OS. The summed E-state index contributed by atoms with van der Waals surface area (Å²) in [5.74, 6) is -0.247. The molecule has 1 amide bonds. The van der Waals surface area contributed by atoms with Gasteiger partial charge in [-0.3, -0.25) is 9.89 Å². The number of aromatic amines is 1. The standard InChI is InChI=1S/C19H17BrFN3OS/c20-16-13-2-1-3-14(21)17(13)26-18(16)19(25)24(11-4-5-11)12-6-7-15-10(8-12)9-22-23-15/h1-3,9,11-12H,4-8H2,(H,22,23). The molecule has 1 fully saturated rings. The van der Waals surface area contributed by atoms with Gasteiger partial charge in [0.05, 0.1) is 10.9 Å². The van der Waals surface area contributed by atoms with Crippen molar-refractivity contribution in [1.29, 1.82) is 0 Å². The van der Waals surface area contributed by atoms with Gasteiger partial charge in [0.25, 0.3) is 5.91 Å². The molecule has 1 atom stereocenters. The van der Waals surface area contributed by atoms with Gasteiger partial charge in [0.1, 0.15) is 10.7 Å². The predicted molar refractivity (Wildman–Crippen MR) is 103 cm³/mol. The van der Waals surface area contributed by atoms with Crippen LogP contribution in [0.1, 0.15) is 40.2 Å². The number of carbonyl (C=O) groups is 1. The zero-order chi connectivity index (χ0) is 17.8. The van der Waals surface area contributed by atoms with Crippen molar-refractivity contribution in [2.45, 2.75) is 44.2 Å². The van der Waals surface area contributed by atoms with E-state index in [4.69, 9.17) is 0 Å². The topological polar surface area (TPSA) is 49.0 Å². The first-order chi connectivity index (χ1) is 12.6. The first-order valence-electron chi connectivity index (χ1n) is 8.83. The van der Waals surface area contributed by atoms with Gasteiger partial charge in [0.2, 0.25) is 0 Å². The van der Waals surface area contributed by atoms with Gasteiger partial charge in [0, 0.05) is 27.6 Å². The molecule has 1 N–H and O–H groups in total. The number of halogens is 2. The minimum atomic E-state index is -0.272. The summed E-state index contributed by atoms with van der Waals surface area (Å²) in [7, 11) is 0. The number of hydrogen-bond acceptors (Lipinski definition) is 3. The Bertz CT molecular complexity index is 1010. The van der Waals surface area contributed by atoms with Crippen LogP contribution in [0.5, 0.6) is 0 Å². The summed E-state index contributed by atoms with van der Waals surface area (Å²) in [6.45, 7) is 0. The third-order valence-corrected chi connectivity index (χ3v) is 7.65. The average Bonchev–Trinajstić information content (AvgIpc) is 3.24. The van der Waals surface area contributed by atoms with Crippen LogP contribution in [-0.2, 0) is 12.8 Å². The van der Waals surface area contributed by atoms with Crippen LogP contribution in [0.3, 0.4) is 0 Å². The highest BCUT2D eigenvalue weighted by atomic mass is 79.9. The molecule has 4 nitrogen and oxygen atoms in total. The van der Waals surface area contributed by atoms with Crippen LogP contribution in [-0.4, -0.2) is 33.1 Å². The van der Waals surface area contributed by atoms with E-state index in [1.807, 2.05) is 12.3 Å². The maximum Gasteiger partial charge on any atom is 0.265 e. The van der Waals surface area contributed by atoms with Gasteiger partial charge in [-0.15, -0.1) is 11.3 Å². The van der Waals surface area contributed by atoms with E-state index in [1.54, 1.807) is 6.07 Å². The van der Waals surface area contributed by atoms with Crippen molar-refractivity contribution in [3.05, 3.63) is 50.8 Å². The normalized spacial score (nSPS) is 19.5. The zero-order valence-electron chi connectivity index (χ0n) is 14.0. The van der Waals surface area contributed by atoms with Crippen molar-refractivity contribution in [1.82, 2.24) is 15.1 Å². The number of nitrogens with zero attached hydrogens (tertiary/aromatic N) is 2. The van der Waals surface area contributed by atoms with Gasteiger partial charge in [-0.25, -0.2) is 4.39 Å². The number of carbonyl (C=O) groups excluding carboxylic acids is 1. The number of aromatic nitrogens is 2. The Morgan fingerprint density at radius 3 is 2.92 bits per heavy atom. The van der Waals surface area contributed by atoms with Crippen molar-refractivity contribution in [2.75, 3.05) is 0 Å². The fraction of sp³-hybridized carbons (Fsp3) is 0.368. The molecule has 26 heavy (non-hydrogen) atoms. The number of fused-ring (bicyclic) bond motifs is 2. The van der Waals surface area contributed by atoms with E-state index < -0.39 is 0 Å². The second kappa shape index (κ2) is 6.16. The van der Waals surface area contributed by atoms with E-state index in [0.29, 0.717) is 20.1 Å². The lowest BCUT2D eigenvalue weighted by molar-refractivity contribution is 0.0647. The largest absolute Gasteiger partial charge is 0.332 e. The lowest BCUT2D eigenvalue weighted by Crippen LogP contribution is -2.44. The van der Waals surface area contributed by atoms with Crippen molar-refractivity contribution in [2.24, 2.45) is 0 Å². The SMILES string of the molecule is O=C(c1sc2c(F)cccc2c1Br)N(C1CC1)C1CCc2[nH]ncc2C1. The maximum atomic E-state index is 14.2. The van der Waals surface area contributed by atoms with E-state index in [0.717, 1.165) is 37.5 Å². The fourth-order valence-corrected chi connectivity index (χ4v) is 5.84. The van der Waals surface area contributed by atoms with Crippen LogP contribution in [0.2, 0.25) is 0 Å². The molecule has 7 heteroatoms. The summed E-state index contributed by atoms with van der Waals surface area (Å²) in [6.07, 6.45) is 6.68. The lowest BCUT2D eigenvalue weighted by atomic mass is 9.92. The van der Waals surface area contributed by atoms with E-state index in [2.05, 4.69) is 31.0 Å². The highest BCUT2D eigenvalue weighted by Gasteiger charge is 2.40. The van der Waals surface area contributed by atoms with Crippen LogP contribution < -0.4 is 0 Å². The molecule has 0 saturated heterocycles. The Hall–Kier alpha value is -1.73. The summed E-state index contributed by atoms with van der Waals surface area (Å²) in [5, 5.41) is 7.97. The average molecular weight is 434 g/mol. The number of benzene rings is 1. The number of H-pyrrole nitrogens is 1. The molecule has 0 bridgehead atoms. The lowest BCUT2D eigenvalue weighted by Gasteiger charge is -2.34. The monoisotopic (exact) mass is 433 g/mol. The Morgan fingerprint density at radius 1 is 1.31 bits per heavy atom. The number of thiophene rings is 1. The van der Waals surface area contributed by atoms with Crippen LogP contribution >= 0.6 is 27.3 Å². The summed E-state index contributed by atoms with van der Waals surface area (Å²) < 4.78 is 15.4. The van der Waals surface area contributed by atoms with Crippen molar-refractivity contribution in [3.63, 3.8) is 0 Å². The minimum Gasteiger partial charge on any atom is -0.332 e. The number of nitrogens with one attached hydrogen (secondary N) is 1. The summed E-state index contributed by atoms with van der Waals surface area (Å²) >= 11 is 4.80. The van der Waals surface area contributed by atoms with E-state index in [-0.39, 0.29) is 17.8 Å². The predicted octanol–water partition coefficient (Wildman–Crippen LogP) is 4.69. The summed E-state index contributed by atoms with van der Waals surface area (Å²) in [4.78, 5) is 16.1. The van der Waals surface area contributed by atoms with Crippen molar-refractivity contribution in [3.8, 4) is 0 Å². The molecule has 0 spiro atoms. The summed E-state index contributed by atoms with van der Waals surface area (Å²) in [5.41, 5.74) is 2.40. The van der Waals surface area contributed by atoms with Crippen LogP contribution in [0, 0.1) is 5.82 Å². The van der Waals surface area contributed by atoms with Crippen LogP contribution in [0.25, 0.3) is 10.1 Å². The molecule has 2 heterocycles. The number of aryl methyl sites for hydroxylation is 1. The second-order valence-electron chi connectivity index (χ2n) is 7.08. The molecule has 2 aromatic heterocycles. The van der Waals surface area contributed by atoms with Crippen LogP contribution in [0.15, 0.2) is 28.9 Å². The maximum absolute atomic E-state index is 14.2. The third-order valence-electron chi connectivity index (χ3n) is 5.36. The molecule has 1 unspecified atom stereocenters. The van der Waals surface area contributed by atoms with Gasteiger partial charge in [-0.2, -0.15) is 5.10 Å². The van der Waals surface area contributed by atoms with Gasteiger partial charge >= 0.3 is 0 Å². The Labute approximate surface area is 162 Å². The number of rotatable bonds is 3. The van der Waals surface area contributed by atoms with E-state index in [1.165, 1.54) is 28.7 Å².